The number of hydrogen-bond donors (Lipinski definition) is 2. The molecule has 3 aromatic rings. The molecule has 2 N–H and O–H groups in total. The van der Waals surface area contributed by atoms with E-state index in [1.807, 2.05) is 12.1 Å². The minimum atomic E-state index is 0.152. The average Bonchev–Trinajstić information content (AvgIpc) is 3.62. The molecule has 5 rings (SSSR count). The average molecular weight is 429 g/mol. The van der Waals surface area contributed by atoms with Crippen molar-refractivity contribution in [3.8, 4) is 0 Å². The molecular formula is C27H32N4O. The van der Waals surface area contributed by atoms with Crippen LogP contribution in [0.15, 0.2) is 60.7 Å². The van der Waals surface area contributed by atoms with E-state index in [4.69, 9.17) is 4.98 Å². The summed E-state index contributed by atoms with van der Waals surface area (Å²) in [5, 5.41) is 8.15. The van der Waals surface area contributed by atoms with Gasteiger partial charge in [0.2, 0.25) is 5.91 Å². The maximum Gasteiger partial charge on any atom is 0.223 e. The van der Waals surface area contributed by atoms with E-state index in [1.54, 1.807) is 0 Å². The second-order valence-electron chi connectivity index (χ2n) is 9.50. The maximum atomic E-state index is 12.7. The van der Waals surface area contributed by atoms with Crippen molar-refractivity contribution in [2.75, 3.05) is 24.3 Å². The molecule has 0 bridgehead atoms. The molecule has 0 spiro atoms. The molecule has 1 amide bonds. The van der Waals surface area contributed by atoms with Crippen LogP contribution in [-0.2, 0) is 4.79 Å². The predicted octanol–water partition coefficient (Wildman–Crippen LogP) is 4.94. The van der Waals surface area contributed by atoms with E-state index in [-0.39, 0.29) is 11.8 Å². The number of amides is 1. The predicted molar refractivity (Wildman–Crippen MR) is 131 cm³/mol. The highest BCUT2D eigenvalue weighted by atomic mass is 16.2. The normalized spacial score (nSPS) is 24.7. The Kier molecular flexibility index (Phi) is 5.73. The smallest absolute Gasteiger partial charge is 0.223 e. The molecule has 5 nitrogen and oxygen atoms in total. The Bertz CT molecular complexity index is 1090. The summed E-state index contributed by atoms with van der Waals surface area (Å²) in [6.45, 7) is 0. The Labute approximate surface area is 190 Å². The second-order valence-corrected chi connectivity index (χ2v) is 9.50. The quantitative estimate of drug-likeness (QED) is 0.584. The molecule has 2 saturated carbocycles. The number of anilines is 2. The van der Waals surface area contributed by atoms with Crippen molar-refractivity contribution in [3.63, 3.8) is 0 Å². The summed E-state index contributed by atoms with van der Waals surface area (Å²) in [5.41, 5.74) is 3.48. The molecule has 0 unspecified atom stereocenters. The Morgan fingerprint density at radius 3 is 2.38 bits per heavy atom. The van der Waals surface area contributed by atoms with Crippen LogP contribution in [0, 0.1) is 5.92 Å². The fourth-order valence-corrected chi connectivity index (χ4v) is 5.05. The lowest BCUT2D eigenvalue weighted by Gasteiger charge is -2.30. The van der Waals surface area contributed by atoms with Gasteiger partial charge in [-0.2, -0.15) is 0 Å². The Balaban J connectivity index is 1.15. The van der Waals surface area contributed by atoms with Crippen LogP contribution in [0.2, 0.25) is 0 Å². The monoisotopic (exact) mass is 428 g/mol. The molecule has 2 fully saturated rings. The summed E-state index contributed by atoms with van der Waals surface area (Å²) in [4.78, 5) is 19.7. The maximum absolute atomic E-state index is 12.7. The van der Waals surface area contributed by atoms with Gasteiger partial charge in [0.1, 0.15) is 5.82 Å². The van der Waals surface area contributed by atoms with Crippen LogP contribution in [0.4, 0.5) is 11.5 Å². The van der Waals surface area contributed by atoms with Crippen molar-refractivity contribution in [2.45, 2.75) is 50.1 Å². The molecule has 5 heteroatoms. The first-order valence-electron chi connectivity index (χ1n) is 11.8. The van der Waals surface area contributed by atoms with E-state index < -0.39 is 0 Å². The van der Waals surface area contributed by atoms with Crippen molar-refractivity contribution in [3.05, 3.63) is 66.2 Å². The number of para-hydroxylation sites is 1. The van der Waals surface area contributed by atoms with Crippen LogP contribution in [0.5, 0.6) is 0 Å². The first-order chi connectivity index (χ1) is 15.6. The first kappa shape index (κ1) is 20.8. The van der Waals surface area contributed by atoms with Gasteiger partial charge in [-0.3, -0.25) is 4.79 Å². The third-order valence-corrected chi connectivity index (χ3v) is 6.96. The third kappa shape index (κ3) is 4.43. The standard InChI is InChI=1S/C27H32N4O/c1-31(2)25-17-26(30-24-11-7-6-10-21(24)25)28-19-12-14-20(15-13-19)29-27(32)23-16-22(23)18-8-4-3-5-9-18/h3-11,17,19-20,22-23H,12-16H2,1-2H3,(H,28,30)(H,29,32)/t19?,20?,22-,23-/m0/s1. The summed E-state index contributed by atoms with van der Waals surface area (Å²) in [7, 11) is 4.14. The zero-order chi connectivity index (χ0) is 22.1. The minimum absolute atomic E-state index is 0.152. The topological polar surface area (TPSA) is 57.3 Å². The summed E-state index contributed by atoms with van der Waals surface area (Å²) >= 11 is 0. The molecule has 1 aromatic heterocycles. The Morgan fingerprint density at radius 1 is 0.938 bits per heavy atom. The van der Waals surface area contributed by atoms with Crippen LogP contribution < -0.4 is 15.5 Å². The number of nitrogens with one attached hydrogen (secondary N) is 2. The number of aromatic nitrogens is 1. The molecule has 166 valence electrons. The SMILES string of the molecule is CN(C)c1cc(NC2CCC(NC(=O)[C@H]3C[C@H]3c3ccccc3)CC2)nc2ccccc12. The molecule has 0 saturated heterocycles. The van der Waals surface area contributed by atoms with Gasteiger partial charge in [-0.15, -0.1) is 0 Å². The van der Waals surface area contributed by atoms with Gasteiger partial charge in [0, 0.05) is 49.2 Å². The Morgan fingerprint density at radius 2 is 1.62 bits per heavy atom. The van der Waals surface area contributed by atoms with Crippen LogP contribution in [0.1, 0.15) is 43.6 Å². The van der Waals surface area contributed by atoms with E-state index in [0.717, 1.165) is 43.4 Å². The highest BCUT2D eigenvalue weighted by Gasteiger charge is 2.44. The third-order valence-electron chi connectivity index (χ3n) is 6.96. The summed E-state index contributed by atoms with van der Waals surface area (Å²) in [6, 6.07) is 21.5. The summed E-state index contributed by atoms with van der Waals surface area (Å²) < 4.78 is 0. The molecule has 2 aliphatic rings. The fraction of sp³-hybridized carbons (Fsp3) is 0.407. The van der Waals surface area contributed by atoms with Crippen molar-refractivity contribution in [2.24, 2.45) is 5.92 Å². The lowest BCUT2D eigenvalue weighted by atomic mass is 9.91. The van der Waals surface area contributed by atoms with Gasteiger partial charge in [-0.25, -0.2) is 4.98 Å². The Hall–Kier alpha value is -3.08. The molecule has 0 aliphatic heterocycles. The van der Waals surface area contributed by atoms with Crippen LogP contribution in [0.25, 0.3) is 10.9 Å². The van der Waals surface area contributed by atoms with Gasteiger partial charge in [0.25, 0.3) is 0 Å². The number of hydrogen-bond acceptors (Lipinski definition) is 4. The number of carbonyl (C=O) groups is 1. The zero-order valence-electron chi connectivity index (χ0n) is 18.9. The van der Waals surface area contributed by atoms with E-state index in [2.05, 4.69) is 78.2 Å². The van der Waals surface area contributed by atoms with E-state index in [1.165, 1.54) is 16.6 Å². The van der Waals surface area contributed by atoms with Crippen LogP contribution in [-0.4, -0.2) is 37.1 Å². The number of rotatable bonds is 6. The van der Waals surface area contributed by atoms with Crippen molar-refractivity contribution >= 4 is 28.3 Å². The van der Waals surface area contributed by atoms with Gasteiger partial charge in [0.15, 0.2) is 0 Å². The number of carbonyl (C=O) groups excluding carboxylic acids is 1. The summed E-state index contributed by atoms with van der Waals surface area (Å²) in [5.74, 6) is 1.73. The van der Waals surface area contributed by atoms with Crippen molar-refractivity contribution in [1.82, 2.24) is 10.3 Å². The van der Waals surface area contributed by atoms with E-state index in [9.17, 15) is 4.79 Å². The summed E-state index contributed by atoms with van der Waals surface area (Å²) in [6.07, 6.45) is 5.10. The number of nitrogens with zero attached hydrogens (tertiary/aromatic N) is 2. The van der Waals surface area contributed by atoms with Crippen molar-refractivity contribution < 1.29 is 4.79 Å². The van der Waals surface area contributed by atoms with Gasteiger partial charge in [0.05, 0.1) is 5.52 Å². The highest BCUT2D eigenvalue weighted by Crippen LogP contribution is 2.47. The van der Waals surface area contributed by atoms with E-state index in [0.29, 0.717) is 18.0 Å². The molecule has 32 heavy (non-hydrogen) atoms. The van der Waals surface area contributed by atoms with E-state index >= 15 is 0 Å². The first-order valence-corrected chi connectivity index (χ1v) is 11.8. The number of fused-ring (bicyclic) bond motifs is 1. The number of benzene rings is 2. The molecule has 1 heterocycles. The van der Waals surface area contributed by atoms with Gasteiger partial charge in [-0.1, -0.05) is 48.5 Å². The molecule has 2 aromatic carbocycles. The number of pyridine rings is 1. The van der Waals surface area contributed by atoms with Gasteiger partial charge >= 0.3 is 0 Å². The molecular weight excluding hydrogens is 396 g/mol. The van der Waals surface area contributed by atoms with Crippen LogP contribution >= 0.6 is 0 Å². The minimum Gasteiger partial charge on any atom is -0.377 e. The lowest BCUT2D eigenvalue weighted by molar-refractivity contribution is -0.123. The fourth-order valence-electron chi connectivity index (χ4n) is 5.05. The van der Waals surface area contributed by atoms with Gasteiger partial charge in [-0.05, 0) is 49.7 Å². The largest absolute Gasteiger partial charge is 0.377 e. The molecule has 2 atom stereocenters. The highest BCUT2D eigenvalue weighted by molar-refractivity contribution is 5.93. The van der Waals surface area contributed by atoms with Crippen molar-refractivity contribution in [1.29, 1.82) is 0 Å². The molecule has 2 aliphatic carbocycles. The molecule has 0 radical (unpaired) electrons. The second kappa shape index (κ2) is 8.81. The lowest BCUT2D eigenvalue weighted by Crippen LogP contribution is -2.41. The van der Waals surface area contributed by atoms with Crippen LogP contribution in [0.3, 0.4) is 0 Å². The zero-order valence-corrected chi connectivity index (χ0v) is 18.9. The van der Waals surface area contributed by atoms with Gasteiger partial charge < -0.3 is 15.5 Å².